The lowest BCUT2D eigenvalue weighted by atomic mass is 10.2. The molecule has 0 radical (unpaired) electrons. The van der Waals surface area contributed by atoms with Crippen LogP contribution in [0.5, 0.6) is 0 Å². The van der Waals surface area contributed by atoms with Crippen molar-refractivity contribution in [2.45, 2.75) is 18.2 Å². The Bertz CT molecular complexity index is 651. The molecule has 0 atom stereocenters. The summed E-state index contributed by atoms with van der Waals surface area (Å²) in [5, 5.41) is 0.685. The minimum absolute atomic E-state index is 0.114. The van der Waals surface area contributed by atoms with Crippen LogP contribution in [0.15, 0.2) is 35.4 Å². The summed E-state index contributed by atoms with van der Waals surface area (Å²) < 4.78 is 24.0. The van der Waals surface area contributed by atoms with Crippen molar-refractivity contribution in [3.05, 3.63) is 30.5 Å². The molecule has 1 aromatic carbocycles. The molecule has 1 heterocycles. The first-order valence-electron chi connectivity index (χ1n) is 5.42. The van der Waals surface area contributed by atoms with E-state index in [4.69, 9.17) is 5.73 Å². The topological polar surface area (TPSA) is 73.0 Å². The minimum atomic E-state index is -3.29. The Kier molecular flexibility index (Phi) is 3.02. The van der Waals surface area contributed by atoms with Crippen LogP contribution in [-0.4, -0.2) is 19.2 Å². The third-order valence-electron chi connectivity index (χ3n) is 2.59. The van der Waals surface area contributed by atoms with Gasteiger partial charge < -0.3 is 5.73 Å². The minimum Gasteiger partial charge on any atom is -0.397 e. The fraction of sp³-hybridized carbons (Fsp3) is 0.250. The van der Waals surface area contributed by atoms with Gasteiger partial charge in [0, 0.05) is 11.6 Å². The van der Waals surface area contributed by atoms with Gasteiger partial charge in [-0.05, 0) is 30.7 Å². The van der Waals surface area contributed by atoms with Gasteiger partial charge in [-0.15, -0.1) is 0 Å². The van der Waals surface area contributed by atoms with Crippen LogP contribution in [0, 0.1) is 0 Å². The number of fused-ring (bicyclic) bond motifs is 1. The molecule has 90 valence electrons. The largest absolute Gasteiger partial charge is 0.397 e. The molecule has 5 heteroatoms. The Morgan fingerprint density at radius 1 is 1.29 bits per heavy atom. The molecule has 0 unspecified atom stereocenters. The zero-order chi connectivity index (χ0) is 12.5. The van der Waals surface area contributed by atoms with E-state index in [1.165, 1.54) is 6.07 Å². The van der Waals surface area contributed by atoms with Crippen LogP contribution < -0.4 is 5.73 Å². The number of hydrogen-bond acceptors (Lipinski definition) is 4. The SMILES string of the molecule is CCCS(=O)(=O)c1ccc2ncccc2c1N. The molecule has 2 rings (SSSR count). The number of pyridine rings is 1. The van der Waals surface area contributed by atoms with Gasteiger partial charge in [-0.2, -0.15) is 0 Å². The van der Waals surface area contributed by atoms with E-state index in [1.54, 1.807) is 24.4 Å². The Balaban J connectivity index is 2.69. The molecule has 0 aliphatic carbocycles. The molecular weight excluding hydrogens is 236 g/mol. The lowest BCUT2D eigenvalue weighted by Gasteiger charge is -2.08. The van der Waals surface area contributed by atoms with Crippen LogP contribution >= 0.6 is 0 Å². The summed E-state index contributed by atoms with van der Waals surface area (Å²) in [5.41, 5.74) is 6.92. The van der Waals surface area contributed by atoms with E-state index in [1.807, 2.05) is 6.92 Å². The maximum absolute atomic E-state index is 12.0. The van der Waals surface area contributed by atoms with Gasteiger partial charge in [0.05, 0.1) is 21.9 Å². The molecule has 0 spiro atoms. The van der Waals surface area contributed by atoms with E-state index in [2.05, 4.69) is 4.98 Å². The zero-order valence-corrected chi connectivity index (χ0v) is 10.4. The van der Waals surface area contributed by atoms with Crippen molar-refractivity contribution in [1.82, 2.24) is 4.98 Å². The quantitative estimate of drug-likeness (QED) is 0.846. The highest BCUT2D eigenvalue weighted by Gasteiger charge is 2.18. The molecule has 0 aliphatic rings. The second kappa shape index (κ2) is 4.33. The standard InChI is InChI=1S/C12H14N2O2S/c1-2-8-17(15,16)11-6-5-10-9(12(11)13)4-3-7-14-10/h3-7H,2,8,13H2,1H3. The lowest BCUT2D eigenvalue weighted by Crippen LogP contribution is -2.09. The summed E-state index contributed by atoms with van der Waals surface area (Å²) >= 11 is 0. The number of sulfone groups is 1. The van der Waals surface area contributed by atoms with Crippen molar-refractivity contribution in [2.24, 2.45) is 0 Å². The summed E-state index contributed by atoms with van der Waals surface area (Å²) in [4.78, 5) is 4.34. The van der Waals surface area contributed by atoms with E-state index >= 15 is 0 Å². The van der Waals surface area contributed by atoms with Crippen molar-refractivity contribution in [1.29, 1.82) is 0 Å². The van der Waals surface area contributed by atoms with Gasteiger partial charge in [0.2, 0.25) is 0 Å². The molecular formula is C12H14N2O2S. The summed E-state index contributed by atoms with van der Waals surface area (Å²) in [7, 11) is -3.29. The molecule has 1 aromatic heterocycles. The maximum atomic E-state index is 12.0. The first-order chi connectivity index (χ1) is 8.06. The molecule has 2 N–H and O–H groups in total. The molecule has 4 nitrogen and oxygen atoms in total. The van der Waals surface area contributed by atoms with Gasteiger partial charge in [0.15, 0.2) is 9.84 Å². The van der Waals surface area contributed by atoms with Crippen molar-refractivity contribution in [2.75, 3.05) is 11.5 Å². The van der Waals surface area contributed by atoms with E-state index < -0.39 is 9.84 Å². The van der Waals surface area contributed by atoms with Crippen LogP contribution in [0.3, 0.4) is 0 Å². The molecule has 0 amide bonds. The Morgan fingerprint density at radius 2 is 2.06 bits per heavy atom. The number of rotatable bonds is 3. The second-order valence-corrected chi connectivity index (χ2v) is 5.94. The van der Waals surface area contributed by atoms with Gasteiger partial charge in [0.25, 0.3) is 0 Å². The van der Waals surface area contributed by atoms with Gasteiger partial charge in [-0.1, -0.05) is 6.92 Å². The average molecular weight is 250 g/mol. The van der Waals surface area contributed by atoms with E-state index in [0.29, 0.717) is 23.0 Å². The third kappa shape index (κ3) is 2.10. The molecule has 0 bridgehead atoms. The van der Waals surface area contributed by atoms with Gasteiger partial charge in [-0.3, -0.25) is 4.98 Å². The first kappa shape index (κ1) is 11.9. The Morgan fingerprint density at radius 3 is 2.76 bits per heavy atom. The average Bonchev–Trinajstić information content (AvgIpc) is 2.29. The number of aromatic nitrogens is 1. The van der Waals surface area contributed by atoms with Crippen LogP contribution in [0.25, 0.3) is 10.9 Å². The zero-order valence-electron chi connectivity index (χ0n) is 9.55. The highest BCUT2D eigenvalue weighted by atomic mass is 32.2. The fourth-order valence-electron chi connectivity index (χ4n) is 1.81. The van der Waals surface area contributed by atoms with Crippen LogP contribution in [0.4, 0.5) is 5.69 Å². The number of benzene rings is 1. The highest BCUT2D eigenvalue weighted by molar-refractivity contribution is 7.91. The van der Waals surface area contributed by atoms with Crippen molar-refractivity contribution in [3.63, 3.8) is 0 Å². The van der Waals surface area contributed by atoms with Crippen LogP contribution in [-0.2, 0) is 9.84 Å². The predicted molar refractivity (Wildman–Crippen MR) is 68.5 cm³/mol. The van der Waals surface area contributed by atoms with Crippen molar-refractivity contribution in [3.8, 4) is 0 Å². The summed E-state index contributed by atoms with van der Waals surface area (Å²) in [6.45, 7) is 1.83. The molecule has 0 fully saturated rings. The third-order valence-corrected chi connectivity index (χ3v) is 4.57. The van der Waals surface area contributed by atoms with E-state index in [0.717, 1.165) is 0 Å². The smallest absolute Gasteiger partial charge is 0.180 e. The number of nitrogens with zero attached hydrogens (tertiary/aromatic N) is 1. The Hall–Kier alpha value is -1.62. The number of anilines is 1. The monoisotopic (exact) mass is 250 g/mol. The van der Waals surface area contributed by atoms with E-state index in [9.17, 15) is 8.42 Å². The van der Waals surface area contributed by atoms with Crippen LogP contribution in [0.1, 0.15) is 13.3 Å². The summed E-state index contributed by atoms with van der Waals surface area (Å²) in [6.07, 6.45) is 2.23. The number of nitrogens with two attached hydrogens (primary N) is 1. The Labute approximate surface area is 100 Å². The first-order valence-corrected chi connectivity index (χ1v) is 7.07. The number of nitrogen functional groups attached to an aromatic ring is 1. The highest BCUT2D eigenvalue weighted by Crippen LogP contribution is 2.27. The van der Waals surface area contributed by atoms with Crippen LogP contribution in [0.2, 0.25) is 0 Å². The molecule has 0 saturated carbocycles. The molecule has 0 saturated heterocycles. The lowest BCUT2D eigenvalue weighted by molar-refractivity contribution is 0.595. The van der Waals surface area contributed by atoms with Crippen molar-refractivity contribution < 1.29 is 8.42 Å². The molecule has 0 aliphatic heterocycles. The van der Waals surface area contributed by atoms with Gasteiger partial charge >= 0.3 is 0 Å². The van der Waals surface area contributed by atoms with Gasteiger partial charge in [0.1, 0.15) is 0 Å². The molecule has 17 heavy (non-hydrogen) atoms. The summed E-state index contributed by atoms with van der Waals surface area (Å²) in [6, 6.07) is 6.75. The summed E-state index contributed by atoms with van der Waals surface area (Å²) in [5.74, 6) is 0.114. The molecule has 2 aromatic rings. The predicted octanol–water partition coefficient (Wildman–Crippen LogP) is 2.00. The normalized spacial score (nSPS) is 11.8. The second-order valence-electron chi connectivity index (χ2n) is 3.87. The maximum Gasteiger partial charge on any atom is 0.180 e. The van der Waals surface area contributed by atoms with Crippen molar-refractivity contribution >= 4 is 26.4 Å². The van der Waals surface area contributed by atoms with Gasteiger partial charge in [-0.25, -0.2) is 8.42 Å². The number of hydrogen-bond donors (Lipinski definition) is 1. The fourth-order valence-corrected chi connectivity index (χ4v) is 3.28. The van der Waals surface area contributed by atoms with E-state index in [-0.39, 0.29) is 10.6 Å².